The maximum atomic E-state index is 11.7. The Hall–Kier alpha value is -2.63. The van der Waals surface area contributed by atoms with Crippen LogP contribution in [0, 0.1) is 0 Å². The molecule has 18 heavy (non-hydrogen) atoms. The molecular weight excluding hydrogens is 236 g/mol. The monoisotopic (exact) mass is 246 g/mol. The minimum Gasteiger partial charge on any atom is -0.507 e. The lowest BCUT2D eigenvalue weighted by atomic mass is 10.2. The third-order valence-corrected chi connectivity index (χ3v) is 2.33. The molecule has 0 unspecified atom stereocenters. The summed E-state index contributed by atoms with van der Waals surface area (Å²) < 4.78 is 5.67. The van der Waals surface area contributed by atoms with Crippen molar-refractivity contribution in [2.24, 2.45) is 0 Å². The molecule has 0 amide bonds. The summed E-state index contributed by atoms with van der Waals surface area (Å²) in [5, 5.41) is 9.53. The number of hydrogen-bond donors (Lipinski definition) is 1. The number of esters is 1. The predicted octanol–water partition coefficient (Wildman–Crippen LogP) is 0.725. The summed E-state index contributed by atoms with van der Waals surface area (Å²) in [7, 11) is 1.19. The highest BCUT2D eigenvalue weighted by Gasteiger charge is 2.15. The normalized spacial score (nSPS) is 10.1. The third-order valence-electron chi connectivity index (χ3n) is 2.33. The Balaban J connectivity index is 2.63. The second-order valence-corrected chi connectivity index (χ2v) is 3.46. The van der Waals surface area contributed by atoms with Gasteiger partial charge in [-0.3, -0.25) is 9.36 Å². The first-order valence-corrected chi connectivity index (χ1v) is 5.09. The van der Waals surface area contributed by atoms with E-state index in [0.717, 1.165) is 10.6 Å². The summed E-state index contributed by atoms with van der Waals surface area (Å²) in [5.41, 5.74) is -0.582. The molecule has 0 bridgehead atoms. The number of carbonyl (C=O) groups is 1. The summed E-state index contributed by atoms with van der Waals surface area (Å²) in [6.07, 6.45) is 2.72. The van der Waals surface area contributed by atoms with Gasteiger partial charge in [0.05, 0.1) is 7.11 Å². The summed E-state index contributed by atoms with van der Waals surface area (Å²) in [4.78, 5) is 27.1. The van der Waals surface area contributed by atoms with Crippen LogP contribution in [0.4, 0.5) is 0 Å². The molecule has 92 valence electrons. The highest BCUT2D eigenvalue weighted by Crippen LogP contribution is 2.15. The largest absolute Gasteiger partial charge is 0.507 e. The van der Waals surface area contributed by atoms with Gasteiger partial charge in [0.15, 0.2) is 0 Å². The molecule has 0 fully saturated rings. The van der Waals surface area contributed by atoms with E-state index >= 15 is 0 Å². The minimum absolute atomic E-state index is 0.0947. The molecule has 0 aliphatic rings. The topological polar surface area (TPSA) is 81.4 Å². The van der Waals surface area contributed by atoms with Crippen LogP contribution < -0.4 is 5.56 Å². The van der Waals surface area contributed by atoms with Gasteiger partial charge in [0, 0.05) is 18.5 Å². The molecule has 0 saturated heterocycles. The fourth-order valence-electron chi connectivity index (χ4n) is 1.47. The number of hydrogen-bond acceptors (Lipinski definition) is 5. The van der Waals surface area contributed by atoms with Crippen molar-refractivity contribution in [3.8, 4) is 11.6 Å². The van der Waals surface area contributed by atoms with E-state index in [1.807, 2.05) is 0 Å². The van der Waals surface area contributed by atoms with E-state index in [2.05, 4.69) is 9.72 Å². The smallest absolute Gasteiger partial charge is 0.343 e. The second-order valence-electron chi connectivity index (χ2n) is 3.46. The number of nitrogens with zero attached hydrogens (tertiary/aromatic N) is 2. The van der Waals surface area contributed by atoms with Crippen molar-refractivity contribution in [1.29, 1.82) is 0 Å². The summed E-state index contributed by atoms with van der Waals surface area (Å²) in [5.74, 6) is -0.788. The average Bonchev–Trinajstić information content (AvgIpc) is 2.39. The molecule has 0 aromatic carbocycles. The van der Waals surface area contributed by atoms with Gasteiger partial charge in [0.25, 0.3) is 5.56 Å². The van der Waals surface area contributed by atoms with Crippen LogP contribution in [0.25, 0.3) is 5.82 Å². The Kier molecular flexibility index (Phi) is 3.09. The number of rotatable bonds is 2. The van der Waals surface area contributed by atoms with Crippen molar-refractivity contribution >= 4 is 5.97 Å². The molecule has 6 heteroatoms. The Bertz CT molecular complexity index is 634. The highest BCUT2D eigenvalue weighted by atomic mass is 16.5. The predicted molar refractivity (Wildman–Crippen MR) is 62.8 cm³/mol. The lowest BCUT2D eigenvalue weighted by Gasteiger charge is -2.07. The Morgan fingerprint density at radius 1 is 1.44 bits per heavy atom. The second kappa shape index (κ2) is 4.70. The van der Waals surface area contributed by atoms with Crippen LogP contribution in [0.15, 0.2) is 41.5 Å². The van der Waals surface area contributed by atoms with E-state index in [1.54, 1.807) is 18.2 Å². The van der Waals surface area contributed by atoms with Crippen molar-refractivity contribution in [2.75, 3.05) is 7.11 Å². The van der Waals surface area contributed by atoms with E-state index < -0.39 is 17.3 Å². The van der Waals surface area contributed by atoms with Crippen LogP contribution in [0.1, 0.15) is 10.4 Å². The van der Waals surface area contributed by atoms with Crippen molar-refractivity contribution in [3.05, 3.63) is 52.6 Å². The first kappa shape index (κ1) is 11.8. The maximum absolute atomic E-state index is 11.7. The minimum atomic E-state index is -0.725. The molecule has 0 spiro atoms. The lowest BCUT2D eigenvalue weighted by Crippen LogP contribution is -2.20. The maximum Gasteiger partial charge on any atom is 0.343 e. The van der Waals surface area contributed by atoms with E-state index in [1.165, 1.54) is 19.5 Å². The van der Waals surface area contributed by atoms with Gasteiger partial charge in [-0.2, -0.15) is 0 Å². The van der Waals surface area contributed by atoms with Crippen molar-refractivity contribution in [3.63, 3.8) is 0 Å². The molecular formula is C12H10N2O4. The number of aromatic hydroxyl groups is 1. The molecule has 2 aromatic heterocycles. The molecule has 0 aliphatic heterocycles. The fourth-order valence-corrected chi connectivity index (χ4v) is 1.47. The van der Waals surface area contributed by atoms with Gasteiger partial charge in [-0.25, -0.2) is 9.78 Å². The molecule has 0 saturated carbocycles. The van der Waals surface area contributed by atoms with Gasteiger partial charge in [0.2, 0.25) is 0 Å². The zero-order valence-corrected chi connectivity index (χ0v) is 9.53. The van der Waals surface area contributed by atoms with Crippen LogP contribution in [0.5, 0.6) is 5.75 Å². The van der Waals surface area contributed by atoms with Gasteiger partial charge in [0.1, 0.15) is 17.1 Å². The summed E-state index contributed by atoms with van der Waals surface area (Å²) in [6, 6.07) is 5.97. The van der Waals surface area contributed by atoms with Crippen LogP contribution in [0.3, 0.4) is 0 Å². The molecule has 2 heterocycles. The molecule has 0 aliphatic carbocycles. The van der Waals surface area contributed by atoms with Gasteiger partial charge in [-0.05, 0) is 12.1 Å². The molecule has 0 radical (unpaired) electrons. The van der Waals surface area contributed by atoms with Crippen LogP contribution in [0.2, 0.25) is 0 Å². The molecule has 2 aromatic rings. The van der Waals surface area contributed by atoms with E-state index in [0.29, 0.717) is 5.82 Å². The van der Waals surface area contributed by atoms with E-state index in [9.17, 15) is 14.7 Å². The van der Waals surface area contributed by atoms with E-state index in [4.69, 9.17) is 0 Å². The summed E-state index contributed by atoms with van der Waals surface area (Å²) >= 11 is 0. The Morgan fingerprint density at radius 2 is 2.22 bits per heavy atom. The summed E-state index contributed by atoms with van der Waals surface area (Å²) in [6.45, 7) is 0. The van der Waals surface area contributed by atoms with Gasteiger partial charge in [-0.15, -0.1) is 0 Å². The standard InChI is InChI=1S/C12H10N2O4/c1-18-12(17)8-7-14(11(16)6-9(8)15)10-4-2-3-5-13-10/h2-7,15H,1H3. The molecule has 2 rings (SSSR count). The lowest BCUT2D eigenvalue weighted by molar-refractivity contribution is 0.0596. The van der Waals surface area contributed by atoms with Gasteiger partial charge < -0.3 is 9.84 Å². The quantitative estimate of drug-likeness (QED) is 0.790. The number of pyridine rings is 2. The number of aromatic nitrogens is 2. The van der Waals surface area contributed by atoms with Crippen molar-refractivity contribution < 1.29 is 14.6 Å². The fraction of sp³-hybridized carbons (Fsp3) is 0.0833. The van der Waals surface area contributed by atoms with Gasteiger partial charge in [-0.1, -0.05) is 6.07 Å². The first-order chi connectivity index (χ1) is 8.63. The Labute approximate surface area is 102 Å². The molecule has 1 N–H and O–H groups in total. The Morgan fingerprint density at radius 3 is 2.83 bits per heavy atom. The molecule has 0 atom stereocenters. The van der Waals surface area contributed by atoms with Gasteiger partial charge >= 0.3 is 5.97 Å². The number of methoxy groups -OCH3 is 1. The zero-order chi connectivity index (χ0) is 13.1. The SMILES string of the molecule is COC(=O)c1cn(-c2ccccn2)c(=O)cc1O. The van der Waals surface area contributed by atoms with Crippen molar-refractivity contribution in [2.45, 2.75) is 0 Å². The van der Waals surface area contributed by atoms with Crippen LogP contribution in [-0.2, 0) is 4.74 Å². The molecule has 6 nitrogen and oxygen atoms in total. The first-order valence-electron chi connectivity index (χ1n) is 5.09. The number of ether oxygens (including phenoxy) is 1. The number of carbonyl (C=O) groups excluding carboxylic acids is 1. The van der Waals surface area contributed by atoms with E-state index in [-0.39, 0.29) is 5.56 Å². The van der Waals surface area contributed by atoms with Crippen LogP contribution >= 0.6 is 0 Å². The van der Waals surface area contributed by atoms with Crippen molar-refractivity contribution in [1.82, 2.24) is 9.55 Å². The average molecular weight is 246 g/mol. The van der Waals surface area contributed by atoms with Crippen LogP contribution in [-0.4, -0.2) is 27.7 Å². The zero-order valence-electron chi connectivity index (χ0n) is 9.53. The highest BCUT2D eigenvalue weighted by molar-refractivity contribution is 5.91. The third kappa shape index (κ3) is 2.08.